The summed E-state index contributed by atoms with van der Waals surface area (Å²) in [5, 5.41) is 23.7. The maximum atomic E-state index is 8.97. The van der Waals surface area contributed by atoms with Gasteiger partial charge >= 0.3 is 0 Å². The Morgan fingerprint density at radius 2 is 2.04 bits per heavy atom. The van der Waals surface area contributed by atoms with Gasteiger partial charge < -0.3 is 15.4 Å². The monoisotopic (exact) mass is 366 g/mol. The molecule has 0 spiro atoms. The first kappa shape index (κ1) is 17.5. The molecule has 26 heavy (non-hydrogen) atoms. The van der Waals surface area contributed by atoms with E-state index in [9.17, 15) is 0 Å². The lowest BCUT2D eigenvalue weighted by Crippen LogP contribution is -2.03. The van der Waals surface area contributed by atoms with Crippen molar-refractivity contribution in [3.63, 3.8) is 0 Å². The lowest BCUT2D eigenvalue weighted by Gasteiger charge is -2.13. The largest absolute Gasteiger partial charge is 0.495 e. The van der Waals surface area contributed by atoms with E-state index in [4.69, 9.17) is 21.6 Å². The van der Waals surface area contributed by atoms with E-state index in [0.29, 0.717) is 39.5 Å². The Morgan fingerprint density at radius 1 is 1.19 bits per heavy atom. The van der Waals surface area contributed by atoms with Crippen LogP contribution in [-0.2, 0) is 0 Å². The van der Waals surface area contributed by atoms with E-state index >= 15 is 0 Å². The second kappa shape index (κ2) is 7.68. The maximum absolute atomic E-state index is 8.97. The van der Waals surface area contributed by atoms with Gasteiger partial charge in [-0.15, -0.1) is 5.10 Å². The summed E-state index contributed by atoms with van der Waals surface area (Å²) in [6.45, 7) is 1.90. The summed E-state index contributed by atoms with van der Waals surface area (Å²) in [4.78, 5) is 4.38. The summed E-state index contributed by atoms with van der Waals surface area (Å²) in [6.07, 6.45) is 1.50. The molecule has 0 atom stereocenters. The number of hydrogen-bond donors (Lipinski definition) is 2. The highest BCUT2D eigenvalue weighted by Gasteiger charge is 2.09. The maximum Gasteiger partial charge on any atom is 0.249 e. The fourth-order valence-corrected chi connectivity index (χ4v) is 2.43. The van der Waals surface area contributed by atoms with Crippen LogP contribution in [0.3, 0.4) is 0 Å². The highest BCUT2D eigenvalue weighted by Crippen LogP contribution is 2.32. The molecule has 1 aromatic heterocycles. The van der Waals surface area contributed by atoms with Gasteiger partial charge in [-0.05, 0) is 36.8 Å². The van der Waals surface area contributed by atoms with Crippen molar-refractivity contribution in [2.45, 2.75) is 6.92 Å². The summed E-state index contributed by atoms with van der Waals surface area (Å²) in [7, 11) is 1.57. The number of halogens is 1. The van der Waals surface area contributed by atoms with Gasteiger partial charge in [-0.3, -0.25) is 0 Å². The summed E-state index contributed by atoms with van der Waals surface area (Å²) in [5.74, 6) is 1.38. The molecule has 0 fully saturated rings. The van der Waals surface area contributed by atoms with Crippen LogP contribution in [0.5, 0.6) is 5.75 Å². The minimum absolute atomic E-state index is 0.301. The van der Waals surface area contributed by atoms with E-state index in [1.165, 1.54) is 6.20 Å². The number of nitrogens with one attached hydrogen (secondary N) is 2. The van der Waals surface area contributed by atoms with Gasteiger partial charge in [0.05, 0.1) is 30.6 Å². The molecule has 8 heteroatoms. The minimum Gasteiger partial charge on any atom is -0.495 e. The van der Waals surface area contributed by atoms with Gasteiger partial charge in [0.15, 0.2) is 5.82 Å². The average Bonchev–Trinajstić information content (AvgIpc) is 2.65. The van der Waals surface area contributed by atoms with Gasteiger partial charge in [0.2, 0.25) is 5.95 Å². The molecule has 1 heterocycles. The van der Waals surface area contributed by atoms with E-state index in [1.807, 2.05) is 19.1 Å². The zero-order chi connectivity index (χ0) is 18.5. The Hall–Kier alpha value is -3.37. The molecule has 0 radical (unpaired) electrons. The van der Waals surface area contributed by atoms with Crippen LogP contribution in [0.1, 0.15) is 11.1 Å². The number of ether oxygens (including phenoxy) is 1. The van der Waals surface area contributed by atoms with Gasteiger partial charge in [0.25, 0.3) is 0 Å². The van der Waals surface area contributed by atoms with Gasteiger partial charge in [-0.2, -0.15) is 15.3 Å². The predicted molar refractivity (Wildman–Crippen MR) is 100 cm³/mol. The van der Waals surface area contributed by atoms with E-state index < -0.39 is 0 Å². The predicted octanol–water partition coefficient (Wildman–Crippen LogP) is 4.20. The molecule has 2 aromatic carbocycles. The Morgan fingerprint density at radius 3 is 2.81 bits per heavy atom. The molecule has 0 bridgehead atoms. The molecule has 3 aromatic rings. The number of nitriles is 1. The lowest BCUT2D eigenvalue weighted by atomic mass is 10.2. The van der Waals surface area contributed by atoms with Crippen molar-refractivity contribution in [1.82, 2.24) is 15.2 Å². The Kier molecular flexibility index (Phi) is 5.15. The van der Waals surface area contributed by atoms with Crippen LogP contribution in [0, 0.1) is 18.3 Å². The van der Waals surface area contributed by atoms with Crippen LogP contribution in [0.15, 0.2) is 42.6 Å². The van der Waals surface area contributed by atoms with Gasteiger partial charge in [-0.1, -0.05) is 17.7 Å². The number of benzene rings is 2. The van der Waals surface area contributed by atoms with Gasteiger partial charge in [-0.25, -0.2) is 0 Å². The molecule has 0 unspecified atom stereocenters. The topological polar surface area (TPSA) is 95.8 Å². The second-order valence-electron chi connectivity index (χ2n) is 5.41. The SMILES string of the molecule is COc1cc(Cl)c(C)cc1Nc1cnnc(Nc2cccc(C#N)c2)n1. The van der Waals surface area contributed by atoms with Crippen molar-refractivity contribution in [3.05, 3.63) is 58.7 Å². The van der Waals surface area contributed by atoms with Crippen LogP contribution < -0.4 is 15.4 Å². The van der Waals surface area contributed by atoms with Crippen LogP contribution in [0.25, 0.3) is 0 Å². The Labute approximate surface area is 155 Å². The van der Waals surface area contributed by atoms with Gasteiger partial charge in [0.1, 0.15) is 5.75 Å². The smallest absolute Gasteiger partial charge is 0.249 e. The number of aryl methyl sites for hydroxylation is 1. The van der Waals surface area contributed by atoms with Crippen molar-refractivity contribution >= 4 is 34.7 Å². The number of methoxy groups -OCH3 is 1. The number of anilines is 4. The van der Waals surface area contributed by atoms with E-state index in [0.717, 1.165) is 5.56 Å². The van der Waals surface area contributed by atoms with Gasteiger partial charge in [0, 0.05) is 16.8 Å². The van der Waals surface area contributed by atoms with Crippen molar-refractivity contribution < 1.29 is 4.74 Å². The molecular weight excluding hydrogens is 352 g/mol. The van der Waals surface area contributed by atoms with Crippen LogP contribution >= 0.6 is 11.6 Å². The molecule has 0 saturated heterocycles. The third kappa shape index (κ3) is 3.99. The van der Waals surface area contributed by atoms with E-state index in [-0.39, 0.29) is 0 Å². The molecular formula is C18H15ClN6O. The zero-order valence-corrected chi connectivity index (χ0v) is 14.9. The molecule has 7 nitrogen and oxygen atoms in total. The fraction of sp³-hybridized carbons (Fsp3) is 0.111. The summed E-state index contributed by atoms with van der Waals surface area (Å²) in [6, 6.07) is 12.7. The van der Waals surface area contributed by atoms with Crippen molar-refractivity contribution in [3.8, 4) is 11.8 Å². The van der Waals surface area contributed by atoms with E-state index in [2.05, 4.69) is 31.9 Å². The number of hydrogen-bond acceptors (Lipinski definition) is 7. The molecule has 0 aliphatic heterocycles. The summed E-state index contributed by atoms with van der Waals surface area (Å²) in [5.41, 5.74) is 2.86. The fourth-order valence-electron chi connectivity index (χ4n) is 2.28. The molecule has 0 amide bonds. The minimum atomic E-state index is 0.301. The highest BCUT2D eigenvalue weighted by molar-refractivity contribution is 6.31. The Bertz CT molecular complexity index is 986. The first-order chi connectivity index (χ1) is 12.6. The zero-order valence-electron chi connectivity index (χ0n) is 14.1. The molecule has 3 rings (SSSR count). The first-order valence-corrected chi connectivity index (χ1v) is 8.05. The highest BCUT2D eigenvalue weighted by atomic mass is 35.5. The first-order valence-electron chi connectivity index (χ1n) is 7.67. The van der Waals surface area contributed by atoms with Crippen molar-refractivity contribution in [2.75, 3.05) is 17.7 Å². The summed E-state index contributed by atoms with van der Waals surface area (Å²) >= 11 is 6.13. The molecule has 2 N–H and O–H groups in total. The Balaban J connectivity index is 1.84. The van der Waals surface area contributed by atoms with Crippen LogP contribution in [-0.4, -0.2) is 22.3 Å². The van der Waals surface area contributed by atoms with Crippen molar-refractivity contribution in [2.24, 2.45) is 0 Å². The van der Waals surface area contributed by atoms with Crippen molar-refractivity contribution in [1.29, 1.82) is 5.26 Å². The normalized spacial score (nSPS) is 10.1. The van der Waals surface area contributed by atoms with E-state index in [1.54, 1.807) is 31.4 Å². The molecule has 0 aliphatic rings. The molecule has 0 saturated carbocycles. The number of nitrogens with zero attached hydrogens (tertiary/aromatic N) is 4. The third-order valence-corrected chi connectivity index (χ3v) is 3.96. The lowest BCUT2D eigenvalue weighted by molar-refractivity contribution is 0.416. The third-order valence-electron chi connectivity index (χ3n) is 3.55. The molecule has 130 valence electrons. The summed E-state index contributed by atoms with van der Waals surface area (Å²) < 4.78 is 5.35. The number of aromatic nitrogens is 3. The standard InChI is InChI=1S/C18H15ClN6O/c1-11-6-15(16(26-2)8-14(11)19)23-17-10-21-25-18(24-17)22-13-5-3-4-12(7-13)9-20/h3-8,10H,1-2H3,(H2,22,23,24,25). The van der Waals surface area contributed by atoms with Crippen LogP contribution in [0.4, 0.5) is 23.1 Å². The quantitative estimate of drug-likeness (QED) is 0.698. The number of rotatable bonds is 5. The van der Waals surface area contributed by atoms with Crippen LogP contribution in [0.2, 0.25) is 5.02 Å². The average molecular weight is 367 g/mol. The molecule has 0 aliphatic carbocycles. The second-order valence-corrected chi connectivity index (χ2v) is 5.82.